The summed E-state index contributed by atoms with van der Waals surface area (Å²) < 4.78 is 84.3. The van der Waals surface area contributed by atoms with Crippen LogP contribution in [0.3, 0.4) is 0 Å². The number of carbonyl (C=O) groups excluding carboxylic acids is 3. The first kappa shape index (κ1) is 30.9. The van der Waals surface area contributed by atoms with Crippen LogP contribution in [0.5, 0.6) is 5.75 Å². The van der Waals surface area contributed by atoms with Gasteiger partial charge in [0.05, 0.1) is 11.6 Å². The van der Waals surface area contributed by atoms with Crippen LogP contribution in [-0.2, 0) is 27.1 Å². The van der Waals surface area contributed by atoms with Crippen molar-refractivity contribution in [2.24, 2.45) is 5.92 Å². The Morgan fingerprint density at radius 1 is 1.02 bits per heavy atom. The Labute approximate surface area is 245 Å². The van der Waals surface area contributed by atoms with Crippen LogP contribution >= 0.6 is 0 Å². The van der Waals surface area contributed by atoms with Crippen molar-refractivity contribution in [1.29, 1.82) is 0 Å². The molecule has 5 rings (SSSR count). The van der Waals surface area contributed by atoms with E-state index in [1.165, 1.54) is 0 Å². The monoisotopic (exact) mass is 625 g/mol. The first-order valence-corrected chi connectivity index (χ1v) is 13.4. The number of hydrogen-bond donors (Lipinski definition) is 2. The standard InChI is InChI=1S/C27H25F6N7O4/c28-26(29,30)25-36-37-38-40(25)18-6-7-21(44-27(31,32)33)17(10-18)13-34-20-8-9-39(14-19(20)15-4-2-1-3-5-15)24(43)16-11-22(41)35-23(42)12-16/h1-7,10,16,19-20,34H,8-9,11-14H2,(H,35,41,42)/t19-,20-/m0/s1. The van der Waals surface area contributed by atoms with Gasteiger partial charge in [-0.25, -0.2) is 0 Å². The molecule has 2 atom stereocenters. The van der Waals surface area contributed by atoms with Gasteiger partial charge in [-0.3, -0.25) is 19.7 Å². The van der Waals surface area contributed by atoms with Gasteiger partial charge in [-0.15, -0.1) is 18.3 Å². The Bertz CT molecular complexity index is 1510. The number of aromatic nitrogens is 4. The summed E-state index contributed by atoms with van der Waals surface area (Å²) in [5, 5.41) is 14.7. The van der Waals surface area contributed by atoms with Crippen LogP contribution in [0.1, 0.15) is 42.1 Å². The van der Waals surface area contributed by atoms with Gasteiger partial charge < -0.3 is 15.0 Å². The van der Waals surface area contributed by atoms with E-state index in [0.717, 1.165) is 23.8 Å². The van der Waals surface area contributed by atoms with Crippen molar-refractivity contribution in [2.75, 3.05) is 13.1 Å². The summed E-state index contributed by atoms with van der Waals surface area (Å²) >= 11 is 0. The third-order valence-corrected chi connectivity index (χ3v) is 7.44. The molecule has 2 saturated heterocycles. The Morgan fingerprint density at radius 2 is 1.73 bits per heavy atom. The zero-order valence-electron chi connectivity index (χ0n) is 22.7. The molecule has 2 N–H and O–H groups in total. The topological polar surface area (TPSA) is 131 Å². The molecule has 0 saturated carbocycles. The van der Waals surface area contributed by atoms with Gasteiger partial charge in [0, 0.05) is 50.0 Å². The van der Waals surface area contributed by atoms with Crippen LogP contribution < -0.4 is 15.4 Å². The molecule has 0 spiro atoms. The highest BCUT2D eigenvalue weighted by Crippen LogP contribution is 2.33. The highest BCUT2D eigenvalue weighted by atomic mass is 19.4. The fraction of sp³-hybridized carbons (Fsp3) is 0.407. The first-order valence-electron chi connectivity index (χ1n) is 13.4. The van der Waals surface area contributed by atoms with Crippen LogP contribution in [0.25, 0.3) is 5.69 Å². The SMILES string of the molecule is O=C1CC(C(=O)N2CC[C@H](NCc3cc(-n4nnnc4C(F)(F)F)ccc3OC(F)(F)F)[C@H](c3ccccc3)C2)CC(=O)N1. The summed E-state index contributed by atoms with van der Waals surface area (Å²) in [7, 11) is 0. The van der Waals surface area contributed by atoms with Crippen molar-refractivity contribution in [3.05, 3.63) is 65.5 Å². The lowest BCUT2D eigenvalue weighted by atomic mass is 9.84. The second-order valence-corrected chi connectivity index (χ2v) is 10.4. The molecule has 17 heteroatoms. The second kappa shape index (κ2) is 12.2. The Hall–Kier alpha value is -4.54. The van der Waals surface area contributed by atoms with E-state index in [0.29, 0.717) is 11.1 Å². The molecule has 1 aromatic heterocycles. The van der Waals surface area contributed by atoms with Gasteiger partial charge in [0.25, 0.3) is 5.82 Å². The number of imide groups is 1. The number of likely N-dealkylation sites (tertiary alicyclic amines) is 1. The molecule has 0 aliphatic carbocycles. The molecule has 3 amide bonds. The van der Waals surface area contributed by atoms with Gasteiger partial charge in [0.15, 0.2) is 0 Å². The number of amides is 3. The zero-order chi connectivity index (χ0) is 31.6. The third-order valence-electron chi connectivity index (χ3n) is 7.44. The van der Waals surface area contributed by atoms with Crippen molar-refractivity contribution in [1.82, 2.24) is 35.7 Å². The Morgan fingerprint density at radius 3 is 2.39 bits per heavy atom. The van der Waals surface area contributed by atoms with E-state index < -0.39 is 41.8 Å². The van der Waals surface area contributed by atoms with Crippen molar-refractivity contribution in [2.45, 2.75) is 50.3 Å². The molecule has 2 fully saturated rings. The van der Waals surface area contributed by atoms with Crippen LogP contribution in [0, 0.1) is 5.92 Å². The fourth-order valence-corrected chi connectivity index (χ4v) is 5.48. The Kier molecular flexibility index (Phi) is 8.58. The van der Waals surface area contributed by atoms with Gasteiger partial charge in [-0.05, 0) is 40.6 Å². The predicted octanol–water partition coefficient (Wildman–Crippen LogP) is 3.11. The number of piperidine rings is 2. The highest BCUT2D eigenvalue weighted by Gasteiger charge is 2.40. The molecular formula is C27H25F6N7O4. The van der Waals surface area contributed by atoms with E-state index in [4.69, 9.17) is 0 Å². The number of rotatable bonds is 7. The Balaban J connectivity index is 1.39. The van der Waals surface area contributed by atoms with E-state index in [9.17, 15) is 40.7 Å². The van der Waals surface area contributed by atoms with E-state index in [1.807, 2.05) is 12.1 Å². The lowest BCUT2D eigenvalue weighted by Crippen LogP contribution is -2.52. The molecule has 234 valence electrons. The smallest absolute Gasteiger partial charge is 0.405 e. The number of carbonyl (C=O) groups is 3. The van der Waals surface area contributed by atoms with E-state index in [1.54, 1.807) is 23.1 Å². The molecule has 0 unspecified atom stereocenters. The number of halogens is 6. The maximum absolute atomic E-state index is 13.4. The summed E-state index contributed by atoms with van der Waals surface area (Å²) in [5.41, 5.74) is 0.476. The van der Waals surface area contributed by atoms with Gasteiger partial charge in [-0.1, -0.05) is 30.3 Å². The molecule has 3 aromatic rings. The normalized spacial score (nSPS) is 20.0. The first-order chi connectivity index (χ1) is 20.8. The predicted molar refractivity (Wildman–Crippen MR) is 138 cm³/mol. The van der Waals surface area contributed by atoms with Crippen LogP contribution in [-0.4, -0.2) is 68.3 Å². The average molecular weight is 626 g/mol. The molecule has 3 heterocycles. The molecule has 2 aliphatic heterocycles. The van der Waals surface area contributed by atoms with Crippen molar-refractivity contribution in [3.63, 3.8) is 0 Å². The van der Waals surface area contributed by atoms with Gasteiger partial charge in [0.1, 0.15) is 5.75 Å². The average Bonchev–Trinajstić information content (AvgIpc) is 3.47. The van der Waals surface area contributed by atoms with Gasteiger partial charge in [0.2, 0.25) is 17.7 Å². The number of nitrogens with one attached hydrogen (secondary N) is 2. The minimum Gasteiger partial charge on any atom is -0.405 e. The van der Waals surface area contributed by atoms with Gasteiger partial charge in [-0.2, -0.15) is 17.9 Å². The second-order valence-electron chi connectivity index (χ2n) is 10.4. The molecule has 2 aromatic carbocycles. The number of ether oxygens (including phenoxy) is 1. The zero-order valence-corrected chi connectivity index (χ0v) is 22.7. The van der Waals surface area contributed by atoms with E-state index >= 15 is 0 Å². The summed E-state index contributed by atoms with van der Waals surface area (Å²) in [5.74, 6) is -4.64. The lowest BCUT2D eigenvalue weighted by Gasteiger charge is -2.41. The largest absolute Gasteiger partial charge is 0.573 e. The van der Waals surface area contributed by atoms with Crippen molar-refractivity contribution >= 4 is 17.7 Å². The third kappa shape index (κ3) is 7.15. The quantitative estimate of drug-likeness (QED) is 0.303. The maximum Gasteiger partial charge on any atom is 0.573 e. The lowest BCUT2D eigenvalue weighted by molar-refractivity contribution is -0.274. The van der Waals surface area contributed by atoms with Crippen LogP contribution in [0.4, 0.5) is 26.3 Å². The fourth-order valence-electron chi connectivity index (χ4n) is 5.48. The summed E-state index contributed by atoms with van der Waals surface area (Å²) in [4.78, 5) is 38.6. The summed E-state index contributed by atoms with van der Waals surface area (Å²) in [6.07, 6.45) is -9.88. The van der Waals surface area contributed by atoms with Gasteiger partial charge >= 0.3 is 12.5 Å². The van der Waals surface area contributed by atoms with Crippen LogP contribution in [0.15, 0.2) is 48.5 Å². The summed E-state index contributed by atoms with van der Waals surface area (Å²) in [6, 6.07) is 11.6. The highest BCUT2D eigenvalue weighted by molar-refractivity contribution is 6.02. The number of nitrogens with zero attached hydrogens (tertiary/aromatic N) is 5. The minimum absolute atomic E-state index is 0.111. The molecule has 11 nitrogen and oxygen atoms in total. The number of benzene rings is 2. The van der Waals surface area contributed by atoms with Crippen molar-refractivity contribution in [3.8, 4) is 11.4 Å². The number of alkyl halides is 6. The van der Waals surface area contributed by atoms with Crippen LogP contribution in [0.2, 0.25) is 0 Å². The summed E-state index contributed by atoms with van der Waals surface area (Å²) in [6.45, 7) is 0.179. The van der Waals surface area contributed by atoms with Crippen molar-refractivity contribution < 1.29 is 45.5 Å². The molecular weight excluding hydrogens is 600 g/mol. The maximum atomic E-state index is 13.4. The number of hydrogen-bond acceptors (Lipinski definition) is 8. The molecule has 2 aliphatic rings. The molecule has 0 bridgehead atoms. The molecule has 44 heavy (non-hydrogen) atoms. The number of tetrazole rings is 1. The van der Waals surface area contributed by atoms with E-state index in [-0.39, 0.29) is 61.6 Å². The minimum atomic E-state index is -5.07. The molecule has 0 radical (unpaired) electrons. The van der Waals surface area contributed by atoms with E-state index in [2.05, 4.69) is 30.9 Å².